The second kappa shape index (κ2) is 10.3. The molecule has 2 aromatic rings. The van der Waals surface area contributed by atoms with E-state index in [1.807, 2.05) is 55.8 Å². The molecule has 1 aromatic heterocycles. The number of nitrogens with zero attached hydrogens (tertiary/aromatic N) is 3. The summed E-state index contributed by atoms with van der Waals surface area (Å²) in [4.78, 5) is 30.0. The van der Waals surface area contributed by atoms with Crippen molar-refractivity contribution in [3.8, 4) is 11.4 Å². The fourth-order valence-electron chi connectivity index (χ4n) is 3.58. The highest BCUT2D eigenvalue weighted by molar-refractivity contribution is 5.87. The van der Waals surface area contributed by atoms with Crippen molar-refractivity contribution in [2.45, 2.75) is 58.7 Å². The van der Waals surface area contributed by atoms with Crippen LogP contribution in [0, 0.1) is 5.92 Å². The quantitative estimate of drug-likeness (QED) is 0.716. The first-order chi connectivity index (χ1) is 14.4. The van der Waals surface area contributed by atoms with Gasteiger partial charge >= 0.3 is 0 Å². The molecule has 0 spiro atoms. The number of carbonyl (C=O) groups is 2. The van der Waals surface area contributed by atoms with Crippen LogP contribution in [-0.2, 0) is 16.1 Å². The monoisotopic (exact) mass is 412 g/mol. The molecule has 1 aliphatic heterocycles. The molecule has 0 bridgehead atoms. The minimum Gasteiger partial charge on any atom is -0.345 e. The van der Waals surface area contributed by atoms with Crippen LogP contribution in [0.25, 0.3) is 11.4 Å². The summed E-state index contributed by atoms with van der Waals surface area (Å²) < 4.78 is 1.86. The third kappa shape index (κ3) is 5.89. The van der Waals surface area contributed by atoms with E-state index < -0.39 is 6.04 Å². The molecule has 2 amide bonds. The number of fused-ring (bicyclic) bond motifs is 1. The van der Waals surface area contributed by atoms with Crippen LogP contribution in [0.4, 0.5) is 0 Å². The van der Waals surface area contributed by atoms with E-state index in [1.165, 1.54) is 0 Å². The lowest BCUT2D eigenvalue weighted by molar-refractivity contribution is -0.129. The number of rotatable bonds is 3. The van der Waals surface area contributed by atoms with Crippen LogP contribution >= 0.6 is 0 Å². The van der Waals surface area contributed by atoms with Gasteiger partial charge in [-0.25, -0.2) is 9.67 Å². The summed E-state index contributed by atoms with van der Waals surface area (Å²) in [5.41, 5.74) is 0.937. The molecular weight excluding hydrogens is 380 g/mol. The summed E-state index contributed by atoms with van der Waals surface area (Å²) in [6, 6.07) is 8.92. The topological polar surface area (TPSA) is 101 Å². The van der Waals surface area contributed by atoms with Crippen LogP contribution in [0.15, 0.2) is 30.3 Å². The number of carbonyl (C=O) groups excluding carboxylic acids is 2. The van der Waals surface area contributed by atoms with E-state index >= 15 is 0 Å². The van der Waals surface area contributed by atoms with Gasteiger partial charge in [0.25, 0.3) is 0 Å². The van der Waals surface area contributed by atoms with Crippen molar-refractivity contribution in [3.05, 3.63) is 36.2 Å². The molecule has 3 rings (SSSR count). The maximum Gasteiger partial charge on any atom is 0.243 e. The van der Waals surface area contributed by atoms with Gasteiger partial charge < -0.3 is 16.0 Å². The fourth-order valence-corrected chi connectivity index (χ4v) is 3.58. The van der Waals surface area contributed by atoms with Gasteiger partial charge in [0.1, 0.15) is 11.9 Å². The average molecular weight is 413 g/mol. The zero-order chi connectivity index (χ0) is 21.5. The smallest absolute Gasteiger partial charge is 0.243 e. The molecule has 8 heteroatoms. The Morgan fingerprint density at radius 2 is 1.90 bits per heavy atom. The maximum atomic E-state index is 13.0. The van der Waals surface area contributed by atoms with Gasteiger partial charge in [0.05, 0.1) is 12.6 Å². The zero-order valence-corrected chi connectivity index (χ0v) is 18.0. The minimum absolute atomic E-state index is 0.0863. The average Bonchev–Trinajstić information content (AvgIpc) is 3.14. The van der Waals surface area contributed by atoms with Crippen molar-refractivity contribution < 1.29 is 9.59 Å². The highest BCUT2D eigenvalue weighted by atomic mass is 16.2. The van der Waals surface area contributed by atoms with E-state index in [4.69, 9.17) is 10.1 Å². The van der Waals surface area contributed by atoms with Crippen LogP contribution in [-0.4, -0.2) is 45.7 Å². The van der Waals surface area contributed by atoms with Crippen molar-refractivity contribution in [1.82, 2.24) is 30.7 Å². The summed E-state index contributed by atoms with van der Waals surface area (Å²) in [6.07, 6.45) is 1.71. The SMILES string of the molecule is CC(C)C[C@H]1NC(=O)CCCNCCn2nc(-c3ccccc3)nc2[C@@H](C)NC1=O. The van der Waals surface area contributed by atoms with E-state index in [9.17, 15) is 9.59 Å². The van der Waals surface area contributed by atoms with Crippen LogP contribution < -0.4 is 16.0 Å². The van der Waals surface area contributed by atoms with Crippen LogP contribution in [0.5, 0.6) is 0 Å². The van der Waals surface area contributed by atoms with Gasteiger partial charge in [0, 0.05) is 18.5 Å². The van der Waals surface area contributed by atoms with Crippen molar-refractivity contribution in [2.24, 2.45) is 5.92 Å². The zero-order valence-electron chi connectivity index (χ0n) is 18.0. The Hall–Kier alpha value is -2.74. The molecule has 0 unspecified atom stereocenters. The third-order valence-corrected chi connectivity index (χ3v) is 5.09. The lowest BCUT2D eigenvalue weighted by Gasteiger charge is -2.23. The van der Waals surface area contributed by atoms with E-state index in [2.05, 4.69) is 16.0 Å². The molecule has 2 atom stereocenters. The number of amides is 2. The Morgan fingerprint density at radius 1 is 1.13 bits per heavy atom. The molecule has 1 aliphatic rings. The van der Waals surface area contributed by atoms with E-state index in [1.54, 1.807) is 0 Å². The number of aromatic nitrogens is 3. The summed E-state index contributed by atoms with van der Waals surface area (Å²) in [6.45, 7) is 8.07. The number of hydrogen-bond acceptors (Lipinski definition) is 5. The third-order valence-electron chi connectivity index (χ3n) is 5.09. The van der Waals surface area contributed by atoms with E-state index in [0.717, 1.165) is 18.5 Å². The first kappa shape index (κ1) is 22.0. The molecule has 0 saturated heterocycles. The van der Waals surface area contributed by atoms with Crippen molar-refractivity contribution in [2.75, 3.05) is 13.1 Å². The Morgan fingerprint density at radius 3 is 2.63 bits per heavy atom. The van der Waals surface area contributed by atoms with Crippen LogP contribution in [0.1, 0.15) is 51.9 Å². The predicted molar refractivity (Wildman–Crippen MR) is 116 cm³/mol. The molecule has 3 N–H and O–H groups in total. The molecule has 0 fully saturated rings. The molecular formula is C22H32N6O2. The standard InChI is InChI=1S/C22H32N6O2/c1-15(2)14-18-22(30)24-16(3)21-26-20(17-8-5-4-6-9-17)27-28(21)13-12-23-11-7-10-19(29)25-18/h4-6,8-9,15-16,18,23H,7,10-14H2,1-3H3,(H,24,30)(H,25,29)/t16-,18-/m1/s1. The van der Waals surface area contributed by atoms with E-state index in [-0.39, 0.29) is 23.8 Å². The normalized spacial score (nSPS) is 21.5. The second-order valence-electron chi connectivity index (χ2n) is 8.22. The fraction of sp³-hybridized carbons (Fsp3) is 0.545. The Balaban J connectivity index is 1.87. The molecule has 0 saturated carbocycles. The largest absolute Gasteiger partial charge is 0.345 e. The Labute approximate surface area is 177 Å². The van der Waals surface area contributed by atoms with Crippen molar-refractivity contribution >= 4 is 11.8 Å². The molecule has 0 aliphatic carbocycles. The highest BCUT2D eigenvalue weighted by Crippen LogP contribution is 2.19. The summed E-state index contributed by atoms with van der Waals surface area (Å²) >= 11 is 0. The first-order valence-corrected chi connectivity index (χ1v) is 10.7. The molecule has 1 aromatic carbocycles. The maximum absolute atomic E-state index is 13.0. The second-order valence-corrected chi connectivity index (χ2v) is 8.22. The van der Waals surface area contributed by atoms with Crippen molar-refractivity contribution in [3.63, 3.8) is 0 Å². The van der Waals surface area contributed by atoms with E-state index in [0.29, 0.717) is 37.6 Å². The van der Waals surface area contributed by atoms with Gasteiger partial charge in [-0.3, -0.25) is 9.59 Å². The molecule has 8 nitrogen and oxygen atoms in total. The number of nitrogens with one attached hydrogen (secondary N) is 3. The lowest BCUT2D eigenvalue weighted by Crippen LogP contribution is -2.48. The van der Waals surface area contributed by atoms with Crippen molar-refractivity contribution in [1.29, 1.82) is 0 Å². The first-order valence-electron chi connectivity index (χ1n) is 10.7. The number of hydrogen-bond donors (Lipinski definition) is 3. The summed E-state index contributed by atoms with van der Waals surface area (Å²) in [5.74, 6) is 1.36. The Kier molecular flexibility index (Phi) is 7.57. The van der Waals surface area contributed by atoms with Gasteiger partial charge in [-0.2, -0.15) is 5.10 Å². The molecule has 162 valence electrons. The van der Waals surface area contributed by atoms with Crippen LogP contribution in [0.2, 0.25) is 0 Å². The van der Waals surface area contributed by atoms with Gasteiger partial charge in [0.15, 0.2) is 5.82 Å². The highest BCUT2D eigenvalue weighted by Gasteiger charge is 2.26. The molecule has 0 radical (unpaired) electrons. The predicted octanol–water partition coefficient (Wildman–Crippen LogP) is 2.04. The van der Waals surface area contributed by atoms with Gasteiger partial charge in [-0.15, -0.1) is 0 Å². The van der Waals surface area contributed by atoms with Gasteiger partial charge in [0.2, 0.25) is 11.8 Å². The summed E-state index contributed by atoms with van der Waals surface area (Å²) in [7, 11) is 0. The summed E-state index contributed by atoms with van der Waals surface area (Å²) in [5, 5.41) is 14.0. The van der Waals surface area contributed by atoms with Gasteiger partial charge in [-0.05, 0) is 32.2 Å². The molecule has 2 heterocycles. The van der Waals surface area contributed by atoms with Crippen LogP contribution in [0.3, 0.4) is 0 Å². The Bertz CT molecular complexity index is 849. The molecule has 30 heavy (non-hydrogen) atoms. The number of benzene rings is 1. The van der Waals surface area contributed by atoms with Gasteiger partial charge in [-0.1, -0.05) is 44.2 Å². The minimum atomic E-state index is -0.555. The lowest BCUT2D eigenvalue weighted by atomic mass is 10.0.